The molecule has 0 bridgehead atoms. The van der Waals surface area contributed by atoms with E-state index in [4.69, 9.17) is 0 Å². The number of sulfonamides is 1. The SMILES string of the molecule is CCn1c(=O)n(CN2CCc3sccc3C2)c2cc(S(=O)(=O)N(C)C)ccc21. The summed E-state index contributed by atoms with van der Waals surface area (Å²) in [5.41, 5.74) is 2.64. The molecular weight excluding hydrogens is 396 g/mol. The molecule has 150 valence electrons. The second kappa shape index (κ2) is 7.14. The van der Waals surface area contributed by atoms with Crippen molar-refractivity contribution in [3.05, 3.63) is 50.6 Å². The lowest BCUT2D eigenvalue weighted by Gasteiger charge is -2.27. The monoisotopic (exact) mass is 420 g/mol. The first-order chi connectivity index (χ1) is 13.3. The number of aryl methyl sites for hydroxylation is 1. The summed E-state index contributed by atoms with van der Waals surface area (Å²) < 4.78 is 29.7. The highest BCUT2D eigenvalue weighted by atomic mass is 32.2. The number of hydrogen-bond donors (Lipinski definition) is 0. The fourth-order valence-electron chi connectivity index (χ4n) is 3.74. The lowest BCUT2D eigenvalue weighted by atomic mass is 10.1. The van der Waals surface area contributed by atoms with E-state index in [-0.39, 0.29) is 10.6 Å². The third-order valence-electron chi connectivity index (χ3n) is 5.31. The quantitative estimate of drug-likeness (QED) is 0.634. The Bertz CT molecular complexity index is 1190. The summed E-state index contributed by atoms with van der Waals surface area (Å²) in [5, 5.41) is 2.11. The summed E-state index contributed by atoms with van der Waals surface area (Å²) in [6.45, 7) is 4.60. The van der Waals surface area contributed by atoms with Crippen LogP contribution in [0.4, 0.5) is 0 Å². The molecule has 0 spiro atoms. The van der Waals surface area contributed by atoms with Gasteiger partial charge in [-0.05, 0) is 48.6 Å². The molecular formula is C19H24N4O3S2. The van der Waals surface area contributed by atoms with E-state index in [2.05, 4.69) is 16.3 Å². The minimum absolute atomic E-state index is 0.104. The van der Waals surface area contributed by atoms with Gasteiger partial charge in [-0.3, -0.25) is 14.0 Å². The largest absolute Gasteiger partial charge is 0.330 e. The van der Waals surface area contributed by atoms with E-state index in [1.165, 1.54) is 28.8 Å². The molecule has 0 saturated carbocycles. The van der Waals surface area contributed by atoms with Crippen molar-refractivity contribution in [2.24, 2.45) is 0 Å². The Balaban J connectivity index is 1.79. The van der Waals surface area contributed by atoms with Crippen molar-refractivity contribution < 1.29 is 8.42 Å². The fourth-order valence-corrected chi connectivity index (χ4v) is 5.55. The van der Waals surface area contributed by atoms with E-state index < -0.39 is 10.0 Å². The summed E-state index contributed by atoms with van der Waals surface area (Å²) in [6.07, 6.45) is 0.981. The highest BCUT2D eigenvalue weighted by Crippen LogP contribution is 2.25. The van der Waals surface area contributed by atoms with Gasteiger partial charge in [-0.2, -0.15) is 0 Å². The van der Waals surface area contributed by atoms with E-state index in [0.717, 1.165) is 25.0 Å². The van der Waals surface area contributed by atoms with Crippen LogP contribution in [0.5, 0.6) is 0 Å². The van der Waals surface area contributed by atoms with E-state index in [9.17, 15) is 13.2 Å². The third kappa shape index (κ3) is 3.12. The summed E-state index contributed by atoms with van der Waals surface area (Å²) >= 11 is 1.78. The number of benzene rings is 1. The van der Waals surface area contributed by atoms with Crippen molar-refractivity contribution in [1.82, 2.24) is 18.3 Å². The van der Waals surface area contributed by atoms with Crippen molar-refractivity contribution in [2.75, 3.05) is 20.6 Å². The van der Waals surface area contributed by atoms with Gasteiger partial charge in [0.1, 0.15) is 0 Å². The van der Waals surface area contributed by atoms with Gasteiger partial charge < -0.3 is 0 Å². The number of hydrogen-bond acceptors (Lipinski definition) is 5. The van der Waals surface area contributed by atoms with Crippen LogP contribution < -0.4 is 5.69 Å². The van der Waals surface area contributed by atoms with Crippen LogP contribution in [-0.4, -0.2) is 47.4 Å². The topological polar surface area (TPSA) is 67.5 Å². The Hall–Kier alpha value is -1.94. The molecule has 3 heterocycles. The summed E-state index contributed by atoms with van der Waals surface area (Å²) in [7, 11) is -0.545. The molecule has 1 aliphatic heterocycles. The molecule has 0 unspecified atom stereocenters. The van der Waals surface area contributed by atoms with Crippen LogP contribution in [0.15, 0.2) is 39.3 Å². The first-order valence-corrected chi connectivity index (χ1v) is 11.6. The number of rotatable bonds is 5. The Labute approximate surface area is 168 Å². The Morgan fingerprint density at radius 1 is 1.14 bits per heavy atom. The molecule has 0 radical (unpaired) electrons. The number of fused-ring (bicyclic) bond motifs is 2. The Kier molecular flexibility index (Phi) is 4.95. The van der Waals surface area contributed by atoms with Crippen molar-refractivity contribution in [1.29, 1.82) is 0 Å². The maximum Gasteiger partial charge on any atom is 0.330 e. The standard InChI is InChI=1S/C19H24N4O3S2/c1-4-22-16-6-5-15(28(25,26)20(2)3)11-17(16)23(19(22)24)13-21-9-7-18-14(12-21)8-10-27-18/h5-6,8,10-11H,4,7,9,12-13H2,1-3H3. The molecule has 28 heavy (non-hydrogen) atoms. The molecule has 9 heteroatoms. The van der Waals surface area contributed by atoms with E-state index in [0.29, 0.717) is 18.7 Å². The Morgan fingerprint density at radius 3 is 2.64 bits per heavy atom. The van der Waals surface area contributed by atoms with Gasteiger partial charge in [0.25, 0.3) is 0 Å². The number of thiophene rings is 1. The zero-order valence-electron chi connectivity index (χ0n) is 16.3. The van der Waals surface area contributed by atoms with E-state index in [1.54, 1.807) is 38.7 Å². The minimum Gasteiger partial charge on any atom is -0.292 e. The molecule has 0 amide bonds. The first-order valence-electron chi connectivity index (χ1n) is 9.26. The minimum atomic E-state index is -3.56. The van der Waals surface area contributed by atoms with Crippen molar-refractivity contribution >= 4 is 32.4 Å². The molecule has 2 aromatic heterocycles. The van der Waals surface area contributed by atoms with Crippen molar-refractivity contribution in [3.63, 3.8) is 0 Å². The van der Waals surface area contributed by atoms with Gasteiger partial charge in [-0.1, -0.05) is 0 Å². The summed E-state index contributed by atoms with van der Waals surface area (Å²) in [6, 6.07) is 7.08. The Morgan fingerprint density at radius 2 is 1.93 bits per heavy atom. The van der Waals surface area contributed by atoms with Crippen molar-refractivity contribution in [3.8, 4) is 0 Å². The third-order valence-corrected chi connectivity index (χ3v) is 8.15. The normalized spacial score (nSPS) is 15.4. The molecule has 7 nitrogen and oxygen atoms in total. The maximum absolute atomic E-state index is 13.0. The molecule has 0 saturated heterocycles. The van der Waals surface area contributed by atoms with Crippen LogP contribution in [0.25, 0.3) is 11.0 Å². The van der Waals surface area contributed by atoms with Gasteiger partial charge in [0.05, 0.1) is 22.6 Å². The molecule has 0 aliphatic carbocycles. The molecule has 1 aliphatic rings. The molecule has 4 rings (SSSR count). The van der Waals surface area contributed by atoms with Crippen molar-refractivity contribution in [2.45, 2.75) is 38.0 Å². The smallest absolute Gasteiger partial charge is 0.292 e. The van der Waals surface area contributed by atoms with Gasteiger partial charge in [-0.15, -0.1) is 11.3 Å². The van der Waals surface area contributed by atoms with Crippen LogP contribution in [0.2, 0.25) is 0 Å². The fraction of sp³-hybridized carbons (Fsp3) is 0.421. The van der Waals surface area contributed by atoms with Crippen LogP contribution in [-0.2, 0) is 36.2 Å². The number of aromatic nitrogens is 2. The average Bonchev–Trinajstić information content (AvgIpc) is 3.23. The summed E-state index contributed by atoms with van der Waals surface area (Å²) in [4.78, 5) is 16.9. The zero-order valence-corrected chi connectivity index (χ0v) is 17.9. The second-order valence-electron chi connectivity index (χ2n) is 7.21. The predicted octanol–water partition coefficient (Wildman–Crippen LogP) is 2.15. The highest BCUT2D eigenvalue weighted by Gasteiger charge is 2.23. The lowest BCUT2D eigenvalue weighted by molar-refractivity contribution is 0.201. The average molecular weight is 421 g/mol. The highest BCUT2D eigenvalue weighted by molar-refractivity contribution is 7.89. The molecule has 3 aromatic rings. The van der Waals surface area contributed by atoms with Crippen LogP contribution >= 0.6 is 11.3 Å². The van der Waals surface area contributed by atoms with Gasteiger partial charge in [0, 0.05) is 38.6 Å². The zero-order chi connectivity index (χ0) is 20.1. The number of nitrogens with zero attached hydrogens (tertiary/aromatic N) is 4. The lowest BCUT2D eigenvalue weighted by Crippen LogP contribution is -2.36. The van der Waals surface area contributed by atoms with Crippen LogP contribution in [0, 0.1) is 0 Å². The van der Waals surface area contributed by atoms with Gasteiger partial charge in [-0.25, -0.2) is 17.5 Å². The molecule has 0 atom stereocenters. The molecule has 0 N–H and O–H groups in total. The van der Waals surface area contributed by atoms with Gasteiger partial charge in [0.15, 0.2) is 0 Å². The van der Waals surface area contributed by atoms with Crippen LogP contribution in [0.1, 0.15) is 17.4 Å². The van der Waals surface area contributed by atoms with Gasteiger partial charge >= 0.3 is 5.69 Å². The van der Waals surface area contributed by atoms with E-state index in [1.807, 2.05) is 6.92 Å². The molecule has 0 fully saturated rings. The first kappa shape index (κ1) is 19.4. The number of imidazole rings is 1. The molecule has 1 aromatic carbocycles. The predicted molar refractivity (Wildman–Crippen MR) is 111 cm³/mol. The maximum atomic E-state index is 13.0. The second-order valence-corrected chi connectivity index (χ2v) is 10.4. The van der Waals surface area contributed by atoms with E-state index >= 15 is 0 Å². The van der Waals surface area contributed by atoms with Gasteiger partial charge in [0.2, 0.25) is 10.0 Å². The summed E-state index contributed by atoms with van der Waals surface area (Å²) in [5.74, 6) is 0. The van der Waals surface area contributed by atoms with Crippen LogP contribution in [0.3, 0.4) is 0 Å².